The second-order valence-corrected chi connectivity index (χ2v) is 7.18. The highest BCUT2D eigenvalue weighted by Crippen LogP contribution is 2.26. The molecule has 0 radical (unpaired) electrons. The van der Waals surface area contributed by atoms with Gasteiger partial charge in [0.2, 0.25) is 10.0 Å². The first-order chi connectivity index (χ1) is 8.94. The van der Waals surface area contributed by atoms with Crippen LogP contribution >= 0.6 is 15.9 Å². The van der Waals surface area contributed by atoms with E-state index in [1.807, 2.05) is 0 Å². The number of methoxy groups -OCH3 is 1. The Morgan fingerprint density at radius 1 is 1.42 bits per heavy atom. The summed E-state index contributed by atoms with van der Waals surface area (Å²) in [5.74, 6) is 0. The molecule has 0 aliphatic heterocycles. The number of halogens is 1. The summed E-state index contributed by atoms with van der Waals surface area (Å²) in [6, 6.07) is 4.42. The van der Waals surface area contributed by atoms with Crippen LogP contribution in [0.5, 0.6) is 0 Å². The Morgan fingerprint density at radius 2 is 2.16 bits per heavy atom. The van der Waals surface area contributed by atoms with Gasteiger partial charge < -0.3 is 10.5 Å². The van der Waals surface area contributed by atoms with E-state index >= 15 is 0 Å². The first-order valence-corrected chi connectivity index (χ1v) is 8.32. The lowest BCUT2D eigenvalue weighted by molar-refractivity contribution is 0.0916. The number of rotatable bonds is 4. The van der Waals surface area contributed by atoms with Crippen LogP contribution in [0.15, 0.2) is 27.6 Å². The third-order valence-corrected chi connectivity index (χ3v) is 5.52. The van der Waals surface area contributed by atoms with Crippen LogP contribution in [0.3, 0.4) is 0 Å². The number of nitrogens with two attached hydrogens (primary N) is 1. The Kier molecular flexibility index (Phi) is 4.50. The molecule has 106 valence electrons. The van der Waals surface area contributed by atoms with Crippen molar-refractivity contribution >= 4 is 31.6 Å². The zero-order valence-corrected chi connectivity index (χ0v) is 13.0. The van der Waals surface area contributed by atoms with Crippen LogP contribution in [0.25, 0.3) is 0 Å². The number of nitrogen functional groups attached to an aromatic ring is 1. The number of anilines is 1. The van der Waals surface area contributed by atoms with E-state index in [1.54, 1.807) is 13.2 Å². The van der Waals surface area contributed by atoms with Crippen LogP contribution in [0, 0.1) is 0 Å². The lowest BCUT2D eigenvalue weighted by Gasteiger charge is -2.19. The first-order valence-electron chi connectivity index (χ1n) is 6.04. The second-order valence-electron chi connectivity index (χ2n) is 4.62. The summed E-state index contributed by atoms with van der Waals surface area (Å²) in [5.41, 5.74) is 6.17. The number of ether oxygens (including phenoxy) is 1. The minimum absolute atomic E-state index is 0.0491. The maximum atomic E-state index is 12.3. The fourth-order valence-electron chi connectivity index (χ4n) is 2.29. The molecule has 1 fully saturated rings. The van der Waals surface area contributed by atoms with Gasteiger partial charge in [-0.1, -0.05) is 0 Å². The zero-order valence-electron chi connectivity index (χ0n) is 10.6. The van der Waals surface area contributed by atoms with Gasteiger partial charge in [0.1, 0.15) is 0 Å². The molecular formula is C12H17BrN2O3S. The van der Waals surface area contributed by atoms with Gasteiger partial charge in [-0.05, 0) is 53.4 Å². The molecule has 0 spiro atoms. The van der Waals surface area contributed by atoms with Crippen LogP contribution in [-0.4, -0.2) is 27.7 Å². The average molecular weight is 349 g/mol. The molecule has 0 saturated heterocycles. The van der Waals surface area contributed by atoms with E-state index in [9.17, 15) is 8.42 Å². The summed E-state index contributed by atoms with van der Waals surface area (Å²) in [7, 11) is -1.93. The van der Waals surface area contributed by atoms with E-state index < -0.39 is 10.0 Å². The van der Waals surface area contributed by atoms with E-state index in [0.717, 1.165) is 19.3 Å². The first kappa shape index (κ1) is 14.8. The van der Waals surface area contributed by atoms with E-state index in [-0.39, 0.29) is 17.0 Å². The predicted octanol–water partition coefficient (Wildman–Crippen LogP) is 1.88. The summed E-state index contributed by atoms with van der Waals surface area (Å²) in [5, 5.41) is 0. The number of hydrogen-bond donors (Lipinski definition) is 2. The number of sulfonamides is 1. The summed E-state index contributed by atoms with van der Waals surface area (Å²) in [4.78, 5) is 0.204. The van der Waals surface area contributed by atoms with Gasteiger partial charge in [0, 0.05) is 23.3 Å². The lowest BCUT2D eigenvalue weighted by atomic mass is 10.2. The maximum absolute atomic E-state index is 12.3. The Morgan fingerprint density at radius 3 is 2.79 bits per heavy atom. The van der Waals surface area contributed by atoms with Crippen molar-refractivity contribution < 1.29 is 13.2 Å². The number of nitrogens with one attached hydrogen (secondary N) is 1. The Bertz CT molecular complexity index is 562. The van der Waals surface area contributed by atoms with Gasteiger partial charge in [0.05, 0.1) is 11.0 Å². The molecule has 1 aliphatic carbocycles. The standard InChI is InChI=1S/C12H17BrN2O3S/c1-18-12-4-2-3-11(12)15-19(16,17)8-5-6-10(14)9(13)7-8/h5-7,11-12,15H,2-4,14H2,1H3. The molecule has 2 atom stereocenters. The van der Waals surface area contributed by atoms with Crippen LogP contribution in [0.2, 0.25) is 0 Å². The molecule has 1 aromatic carbocycles. The van der Waals surface area contributed by atoms with Crippen molar-refractivity contribution in [3.8, 4) is 0 Å². The van der Waals surface area contributed by atoms with Crippen LogP contribution in [-0.2, 0) is 14.8 Å². The van der Waals surface area contributed by atoms with E-state index in [2.05, 4.69) is 20.7 Å². The van der Waals surface area contributed by atoms with Gasteiger partial charge in [-0.2, -0.15) is 0 Å². The van der Waals surface area contributed by atoms with Crippen molar-refractivity contribution in [2.75, 3.05) is 12.8 Å². The predicted molar refractivity (Wildman–Crippen MR) is 77.3 cm³/mol. The van der Waals surface area contributed by atoms with E-state index in [0.29, 0.717) is 10.2 Å². The van der Waals surface area contributed by atoms with Crippen molar-refractivity contribution in [3.63, 3.8) is 0 Å². The highest BCUT2D eigenvalue weighted by molar-refractivity contribution is 9.10. The highest BCUT2D eigenvalue weighted by atomic mass is 79.9. The lowest BCUT2D eigenvalue weighted by Crippen LogP contribution is -2.40. The minimum Gasteiger partial charge on any atom is -0.398 e. The van der Waals surface area contributed by atoms with Crippen molar-refractivity contribution in [1.29, 1.82) is 0 Å². The molecule has 5 nitrogen and oxygen atoms in total. The normalized spacial score (nSPS) is 23.7. The molecule has 3 N–H and O–H groups in total. The van der Waals surface area contributed by atoms with Crippen LogP contribution in [0.4, 0.5) is 5.69 Å². The van der Waals surface area contributed by atoms with E-state index in [4.69, 9.17) is 10.5 Å². The quantitative estimate of drug-likeness (QED) is 0.814. The van der Waals surface area contributed by atoms with E-state index in [1.165, 1.54) is 12.1 Å². The van der Waals surface area contributed by atoms with Gasteiger partial charge in [-0.15, -0.1) is 0 Å². The number of benzene rings is 1. The smallest absolute Gasteiger partial charge is 0.240 e. The topological polar surface area (TPSA) is 81.4 Å². The fraction of sp³-hybridized carbons (Fsp3) is 0.500. The molecule has 0 heterocycles. The summed E-state index contributed by atoms with van der Waals surface area (Å²) < 4.78 is 33.1. The summed E-state index contributed by atoms with van der Waals surface area (Å²) >= 11 is 3.23. The molecule has 7 heteroatoms. The Hall–Kier alpha value is -0.630. The Balaban J connectivity index is 2.20. The van der Waals surface area contributed by atoms with Gasteiger partial charge in [-0.3, -0.25) is 0 Å². The molecule has 0 amide bonds. The SMILES string of the molecule is COC1CCCC1NS(=O)(=O)c1ccc(N)c(Br)c1. The van der Waals surface area contributed by atoms with Crippen molar-refractivity contribution in [1.82, 2.24) is 4.72 Å². The largest absolute Gasteiger partial charge is 0.398 e. The molecule has 2 rings (SSSR count). The molecule has 19 heavy (non-hydrogen) atoms. The summed E-state index contributed by atoms with van der Waals surface area (Å²) in [6.45, 7) is 0. The number of hydrogen-bond acceptors (Lipinski definition) is 4. The molecule has 1 aromatic rings. The fourth-order valence-corrected chi connectivity index (χ4v) is 4.14. The van der Waals surface area contributed by atoms with Gasteiger partial charge >= 0.3 is 0 Å². The molecule has 2 unspecified atom stereocenters. The monoisotopic (exact) mass is 348 g/mol. The molecule has 1 saturated carbocycles. The van der Waals surface area contributed by atoms with Crippen LogP contribution in [0.1, 0.15) is 19.3 Å². The van der Waals surface area contributed by atoms with Crippen molar-refractivity contribution in [3.05, 3.63) is 22.7 Å². The Labute approximate surface area is 121 Å². The van der Waals surface area contributed by atoms with Crippen molar-refractivity contribution in [2.45, 2.75) is 36.3 Å². The minimum atomic E-state index is -3.54. The van der Waals surface area contributed by atoms with Crippen LogP contribution < -0.4 is 10.5 Å². The third-order valence-electron chi connectivity index (χ3n) is 3.34. The van der Waals surface area contributed by atoms with Gasteiger partial charge in [0.25, 0.3) is 0 Å². The maximum Gasteiger partial charge on any atom is 0.240 e. The van der Waals surface area contributed by atoms with Gasteiger partial charge in [-0.25, -0.2) is 13.1 Å². The van der Waals surface area contributed by atoms with Crippen molar-refractivity contribution in [2.24, 2.45) is 0 Å². The summed E-state index contributed by atoms with van der Waals surface area (Å²) in [6.07, 6.45) is 2.60. The second kappa shape index (κ2) is 5.78. The molecule has 0 aromatic heterocycles. The zero-order chi connectivity index (χ0) is 14.0. The molecule has 0 bridgehead atoms. The third kappa shape index (κ3) is 3.28. The average Bonchev–Trinajstić information content (AvgIpc) is 2.79. The highest BCUT2D eigenvalue weighted by Gasteiger charge is 2.31. The molecular weight excluding hydrogens is 332 g/mol. The van der Waals surface area contributed by atoms with Gasteiger partial charge in [0.15, 0.2) is 0 Å². The molecule has 1 aliphatic rings.